The lowest BCUT2D eigenvalue weighted by Crippen LogP contribution is -2.17. The minimum absolute atomic E-state index is 0.962. The molecule has 0 radical (unpaired) electrons. The van der Waals surface area contributed by atoms with Gasteiger partial charge in [-0.3, -0.25) is 0 Å². The van der Waals surface area contributed by atoms with Crippen molar-refractivity contribution < 1.29 is 0 Å². The minimum atomic E-state index is 0.962. The van der Waals surface area contributed by atoms with Gasteiger partial charge < -0.3 is 19.6 Å². The fraction of sp³-hybridized carbons (Fsp3) is 0.0541. The summed E-state index contributed by atoms with van der Waals surface area (Å²) in [6, 6.07) is 86.4. The third-order valence-corrected chi connectivity index (χ3v) is 13.9. The van der Waals surface area contributed by atoms with Crippen molar-refractivity contribution in [1.82, 2.24) is 0 Å². The lowest BCUT2D eigenvalue weighted by Gasteiger charge is -2.29. The van der Waals surface area contributed by atoms with Gasteiger partial charge in [-0.05, 0) is 194 Å². The predicted molar refractivity (Wildman–Crippen MR) is 336 cm³/mol. The van der Waals surface area contributed by atoms with Crippen LogP contribution >= 0.6 is 0 Å². The second-order valence-corrected chi connectivity index (χ2v) is 19.0. The highest BCUT2D eigenvalue weighted by Gasteiger charge is 2.19. The Kier molecular flexibility index (Phi) is 16.6. The fourth-order valence-corrected chi connectivity index (χ4v) is 10.1. The van der Waals surface area contributed by atoms with Crippen LogP contribution < -0.4 is 19.6 Å². The summed E-state index contributed by atoms with van der Waals surface area (Å²) in [5.41, 5.74) is 20.0. The maximum atomic E-state index is 4.21. The zero-order valence-electron chi connectivity index (χ0n) is 44.5. The largest absolute Gasteiger partial charge is 0.315 e. The van der Waals surface area contributed by atoms with Crippen molar-refractivity contribution in [2.75, 3.05) is 19.6 Å². The summed E-state index contributed by atoms with van der Waals surface area (Å²) >= 11 is 0. The molecule has 0 spiro atoms. The molecular formula is C74H64N4. The molecule has 0 fully saturated rings. The quantitative estimate of drug-likeness (QED) is 0.0749. The SMILES string of the molecule is C=C/C=C(\C=C/C)N(c1ccccc1)c1ccc(-c2ccc(N(C3=CC=CCC3)c3ccc(-c4ccc(N(c5ccccc5)c5ccc(/C(C=C)=C/C=C(\C)N(c6ccccc6)c6ccccc6)cc5)cc4)cc3)cc2)cc1. The summed E-state index contributed by atoms with van der Waals surface area (Å²) in [4.78, 5) is 9.23. The Bertz CT molecular complexity index is 3570. The third-order valence-electron chi connectivity index (χ3n) is 13.9. The van der Waals surface area contributed by atoms with Crippen molar-refractivity contribution in [2.45, 2.75) is 26.7 Å². The van der Waals surface area contributed by atoms with Gasteiger partial charge in [-0.15, -0.1) is 0 Å². The maximum Gasteiger partial charge on any atom is 0.0462 e. The molecule has 9 aromatic rings. The van der Waals surface area contributed by atoms with E-state index >= 15 is 0 Å². The second kappa shape index (κ2) is 25.1. The molecule has 1 aliphatic rings. The monoisotopic (exact) mass is 1010 g/mol. The molecule has 0 unspecified atom stereocenters. The first kappa shape index (κ1) is 51.6. The van der Waals surface area contributed by atoms with Gasteiger partial charge in [0.15, 0.2) is 0 Å². The highest BCUT2D eigenvalue weighted by Crippen LogP contribution is 2.40. The van der Waals surface area contributed by atoms with E-state index in [0.29, 0.717) is 0 Å². The molecule has 0 N–H and O–H groups in total. The van der Waals surface area contributed by atoms with Gasteiger partial charge in [0.2, 0.25) is 0 Å². The van der Waals surface area contributed by atoms with E-state index in [1.807, 2.05) is 43.4 Å². The number of rotatable bonds is 19. The van der Waals surface area contributed by atoms with Gasteiger partial charge in [-0.2, -0.15) is 0 Å². The Morgan fingerprint density at radius 2 is 0.795 bits per heavy atom. The van der Waals surface area contributed by atoms with Crippen molar-refractivity contribution in [1.29, 1.82) is 0 Å². The van der Waals surface area contributed by atoms with Crippen molar-refractivity contribution >= 4 is 56.8 Å². The van der Waals surface area contributed by atoms with E-state index in [1.54, 1.807) is 0 Å². The van der Waals surface area contributed by atoms with E-state index in [2.05, 4.69) is 307 Å². The number of allylic oxidation sites excluding steroid dienone is 13. The van der Waals surface area contributed by atoms with Gasteiger partial charge in [-0.1, -0.05) is 183 Å². The summed E-state index contributed by atoms with van der Waals surface area (Å²) in [6.07, 6.45) is 22.9. The molecule has 380 valence electrons. The summed E-state index contributed by atoms with van der Waals surface area (Å²) in [7, 11) is 0. The van der Waals surface area contributed by atoms with Crippen LogP contribution in [-0.4, -0.2) is 0 Å². The van der Waals surface area contributed by atoms with Crippen LogP contribution in [0.4, 0.5) is 51.2 Å². The van der Waals surface area contributed by atoms with Crippen molar-refractivity contribution in [3.05, 3.63) is 339 Å². The molecule has 0 saturated carbocycles. The molecule has 0 atom stereocenters. The Labute approximate surface area is 462 Å². The molecule has 0 saturated heterocycles. The lowest BCUT2D eigenvalue weighted by atomic mass is 10.0. The van der Waals surface area contributed by atoms with Crippen LogP contribution in [0.25, 0.3) is 27.8 Å². The average Bonchev–Trinajstić information content (AvgIpc) is 3.51. The Balaban J connectivity index is 0.876. The topological polar surface area (TPSA) is 13.0 Å². The van der Waals surface area contributed by atoms with Crippen LogP contribution in [0.1, 0.15) is 32.3 Å². The molecule has 0 amide bonds. The molecule has 0 bridgehead atoms. The van der Waals surface area contributed by atoms with Crippen LogP contribution in [-0.2, 0) is 0 Å². The summed E-state index contributed by atoms with van der Waals surface area (Å²) in [5, 5.41) is 0. The number of benzene rings is 9. The highest BCUT2D eigenvalue weighted by molar-refractivity contribution is 5.83. The first-order valence-electron chi connectivity index (χ1n) is 26.7. The van der Waals surface area contributed by atoms with Gasteiger partial charge in [0.1, 0.15) is 0 Å². The standard InChI is InChI=1S/C74H64N4/c1-5-23-64(24-6-2)76(67-29-17-10-18-30-67)70-49-39-60(40-50-70)61-43-53-73(54-44-61)78(69-33-21-12-22-34-69)74-55-45-63(46-56-74)62-41-51-72(52-42-62)77(68-31-19-11-20-32-68)71-47-37-59(38-48-71)58(7-3)36-35-57(4)75(65-25-13-8-14-26-65)66-27-15-9-16-28-66/h5-21,23-33,35-56H,1,3,22,34H2,2,4H3/b24-6-,57-35+,58-36+,64-23+. The smallest absolute Gasteiger partial charge is 0.0462 e. The molecule has 1 aliphatic carbocycles. The van der Waals surface area contributed by atoms with Crippen molar-refractivity contribution in [3.63, 3.8) is 0 Å². The molecular weight excluding hydrogens is 945 g/mol. The predicted octanol–water partition coefficient (Wildman–Crippen LogP) is 21.0. The Morgan fingerprint density at radius 3 is 1.21 bits per heavy atom. The van der Waals surface area contributed by atoms with E-state index in [0.717, 1.165) is 109 Å². The van der Waals surface area contributed by atoms with Crippen LogP contribution in [0, 0.1) is 0 Å². The number of hydrogen-bond acceptors (Lipinski definition) is 4. The highest BCUT2D eigenvalue weighted by atomic mass is 15.2. The maximum absolute atomic E-state index is 4.21. The zero-order chi connectivity index (χ0) is 53.5. The average molecular weight is 1010 g/mol. The van der Waals surface area contributed by atoms with Crippen molar-refractivity contribution in [2.24, 2.45) is 0 Å². The lowest BCUT2D eigenvalue weighted by molar-refractivity contribution is 0.918. The summed E-state index contributed by atoms with van der Waals surface area (Å²) < 4.78 is 0. The minimum Gasteiger partial charge on any atom is -0.315 e. The van der Waals surface area contributed by atoms with E-state index in [9.17, 15) is 0 Å². The second-order valence-electron chi connectivity index (χ2n) is 19.0. The van der Waals surface area contributed by atoms with E-state index in [4.69, 9.17) is 0 Å². The number of anilines is 9. The van der Waals surface area contributed by atoms with Gasteiger partial charge in [0.25, 0.3) is 0 Å². The Hall–Kier alpha value is -9.90. The van der Waals surface area contributed by atoms with Gasteiger partial charge in [0, 0.05) is 68.3 Å². The molecule has 4 heteroatoms. The third kappa shape index (κ3) is 12.0. The fourth-order valence-electron chi connectivity index (χ4n) is 10.1. The molecule has 9 aromatic carbocycles. The Morgan fingerprint density at radius 1 is 0.410 bits per heavy atom. The zero-order valence-corrected chi connectivity index (χ0v) is 44.5. The van der Waals surface area contributed by atoms with Crippen LogP contribution in [0.5, 0.6) is 0 Å². The van der Waals surface area contributed by atoms with Gasteiger partial charge >= 0.3 is 0 Å². The summed E-state index contributed by atoms with van der Waals surface area (Å²) in [5.74, 6) is 0. The first-order chi connectivity index (χ1) is 38.5. The first-order valence-corrected chi connectivity index (χ1v) is 26.7. The van der Waals surface area contributed by atoms with Gasteiger partial charge in [0.05, 0.1) is 0 Å². The van der Waals surface area contributed by atoms with Crippen LogP contribution in [0.15, 0.2) is 334 Å². The molecule has 0 heterocycles. The molecule has 4 nitrogen and oxygen atoms in total. The van der Waals surface area contributed by atoms with E-state index in [-0.39, 0.29) is 0 Å². The molecule has 0 aromatic heterocycles. The normalized spacial score (nSPS) is 12.7. The van der Waals surface area contributed by atoms with E-state index in [1.165, 1.54) is 5.70 Å². The number of para-hydroxylation sites is 4. The van der Waals surface area contributed by atoms with Crippen molar-refractivity contribution in [3.8, 4) is 22.3 Å². The van der Waals surface area contributed by atoms with Crippen LogP contribution in [0.2, 0.25) is 0 Å². The molecule has 78 heavy (non-hydrogen) atoms. The number of nitrogens with zero attached hydrogens (tertiary/aromatic N) is 4. The molecule has 10 rings (SSSR count). The van der Waals surface area contributed by atoms with Gasteiger partial charge in [-0.25, -0.2) is 0 Å². The summed E-state index contributed by atoms with van der Waals surface area (Å²) in [6.45, 7) is 12.4. The van der Waals surface area contributed by atoms with Crippen LogP contribution in [0.3, 0.4) is 0 Å². The molecule has 0 aliphatic heterocycles. The number of hydrogen-bond donors (Lipinski definition) is 0. The van der Waals surface area contributed by atoms with E-state index < -0.39 is 0 Å².